The predicted octanol–water partition coefficient (Wildman–Crippen LogP) is 3.03. The fourth-order valence-corrected chi connectivity index (χ4v) is 3.61. The lowest BCUT2D eigenvalue weighted by atomic mass is 9.95. The Morgan fingerprint density at radius 1 is 1.22 bits per heavy atom. The zero-order valence-corrected chi connectivity index (χ0v) is 12.2. The van der Waals surface area contributed by atoms with Crippen molar-refractivity contribution >= 4 is 12.4 Å². The van der Waals surface area contributed by atoms with Crippen molar-refractivity contribution in [2.75, 3.05) is 13.3 Å². The number of hydrogen-bond acceptors (Lipinski definition) is 2. The van der Waals surface area contributed by atoms with E-state index in [4.69, 9.17) is 0 Å². The van der Waals surface area contributed by atoms with Gasteiger partial charge >= 0.3 is 0 Å². The van der Waals surface area contributed by atoms with Gasteiger partial charge in [-0.1, -0.05) is 37.1 Å². The highest BCUT2D eigenvalue weighted by Crippen LogP contribution is 2.34. The van der Waals surface area contributed by atoms with Crippen molar-refractivity contribution in [2.24, 2.45) is 5.92 Å². The van der Waals surface area contributed by atoms with E-state index < -0.39 is 7.14 Å². The summed E-state index contributed by atoms with van der Waals surface area (Å²) in [4.78, 5) is 0. The summed E-state index contributed by atoms with van der Waals surface area (Å²) >= 11 is 0. The van der Waals surface area contributed by atoms with Gasteiger partial charge in [-0.15, -0.1) is 0 Å². The maximum absolute atomic E-state index is 11.9. The second-order valence-corrected chi connectivity index (χ2v) is 9.05. The van der Waals surface area contributed by atoms with Crippen molar-refractivity contribution in [3.8, 4) is 0 Å². The summed E-state index contributed by atoms with van der Waals surface area (Å²) in [7, 11) is -2.16. The molecule has 100 valence electrons. The van der Waals surface area contributed by atoms with Crippen molar-refractivity contribution < 1.29 is 9.67 Å². The van der Waals surface area contributed by atoms with E-state index in [1.165, 1.54) is 25.7 Å². The van der Waals surface area contributed by atoms with Crippen molar-refractivity contribution in [3.63, 3.8) is 0 Å². The predicted molar refractivity (Wildman–Crippen MR) is 77.2 cm³/mol. The van der Waals surface area contributed by atoms with Gasteiger partial charge in [-0.3, -0.25) is 0 Å². The second-order valence-electron chi connectivity index (χ2n) is 5.83. The number of aliphatic hydroxyl groups is 1. The molecule has 0 amide bonds. The van der Waals surface area contributed by atoms with Gasteiger partial charge in [0.15, 0.2) is 0 Å². The van der Waals surface area contributed by atoms with Crippen LogP contribution in [0, 0.1) is 5.92 Å². The van der Waals surface area contributed by atoms with Gasteiger partial charge in [0.25, 0.3) is 0 Å². The van der Waals surface area contributed by atoms with Gasteiger partial charge in [-0.25, -0.2) is 0 Å². The number of aliphatic hydroxyl groups excluding tert-OH is 1. The average Bonchev–Trinajstić information content (AvgIpc) is 2.82. The largest absolute Gasteiger partial charge is 0.392 e. The van der Waals surface area contributed by atoms with E-state index in [0.29, 0.717) is 5.92 Å². The van der Waals surface area contributed by atoms with E-state index in [1.54, 1.807) is 13.3 Å². The van der Waals surface area contributed by atoms with E-state index in [2.05, 4.69) is 0 Å². The molecular formula is C15H23O2P. The van der Waals surface area contributed by atoms with E-state index >= 15 is 0 Å². The highest BCUT2D eigenvalue weighted by molar-refractivity contribution is 7.70. The number of hydrogen-bond donors (Lipinski definition) is 1. The Morgan fingerprint density at radius 3 is 2.28 bits per heavy atom. The average molecular weight is 266 g/mol. The fraction of sp³-hybridized carbons (Fsp3) is 0.600. The molecule has 0 aliphatic heterocycles. The molecule has 0 radical (unpaired) electrons. The molecule has 1 N–H and O–H groups in total. The van der Waals surface area contributed by atoms with Crippen LogP contribution in [-0.2, 0) is 11.0 Å². The molecule has 0 unspecified atom stereocenters. The minimum absolute atomic E-state index is 0.214. The molecule has 1 aromatic rings. The molecule has 1 aliphatic carbocycles. The minimum atomic E-state index is -2.16. The Balaban J connectivity index is 1.99. The van der Waals surface area contributed by atoms with Crippen LogP contribution in [-0.4, -0.2) is 24.5 Å². The van der Waals surface area contributed by atoms with Gasteiger partial charge in [0, 0.05) is 5.30 Å². The highest BCUT2D eigenvalue weighted by Gasteiger charge is 2.23. The SMILES string of the molecule is CP(C)(=O)c1ccc(C[C@@H](O)C2CCCC2)cc1. The molecule has 1 atom stereocenters. The van der Waals surface area contributed by atoms with Crippen LogP contribution in [0.5, 0.6) is 0 Å². The molecule has 2 nitrogen and oxygen atoms in total. The zero-order valence-electron chi connectivity index (χ0n) is 11.3. The lowest BCUT2D eigenvalue weighted by molar-refractivity contribution is 0.111. The Kier molecular flexibility index (Phi) is 4.29. The van der Waals surface area contributed by atoms with E-state index in [-0.39, 0.29) is 6.10 Å². The zero-order chi connectivity index (χ0) is 13.2. The summed E-state index contributed by atoms with van der Waals surface area (Å²) in [5.74, 6) is 0.480. The first-order valence-electron chi connectivity index (χ1n) is 6.79. The molecule has 0 bridgehead atoms. The third-order valence-corrected chi connectivity index (χ3v) is 5.49. The van der Waals surface area contributed by atoms with E-state index in [9.17, 15) is 9.67 Å². The Hall–Kier alpha value is -0.590. The van der Waals surface area contributed by atoms with Gasteiger partial charge < -0.3 is 9.67 Å². The van der Waals surface area contributed by atoms with Crippen molar-refractivity contribution in [3.05, 3.63) is 29.8 Å². The Labute approximate surface area is 110 Å². The molecule has 0 heterocycles. The molecule has 0 saturated heterocycles. The fourth-order valence-electron chi connectivity index (χ4n) is 2.74. The summed E-state index contributed by atoms with van der Waals surface area (Å²) < 4.78 is 11.9. The summed E-state index contributed by atoms with van der Waals surface area (Å²) in [5, 5.41) is 11.1. The molecule has 18 heavy (non-hydrogen) atoms. The van der Waals surface area contributed by atoms with Crippen LogP contribution < -0.4 is 5.30 Å². The topological polar surface area (TPSA) is 37.3 Å². The Morgan fingerprint density at radius 2 is 1.78 bits per heavy atom. The summed E-state index contributed by atoms with van der Waals surface area (Å²) in [5.41, 5.74) is 1.15. The van der Waals surface area contributed by atoms with Crippen molar-refractivity contribution in [1.82, 2.24) is 0 Å². The monoisotopic (exact) mass is 266 g/mol. The molecule has 1 aromatic carbocycles. The number of rotatable bonds is 4. The Bertz CT molecular complexity index is 426. The normalized spacial score (nSPS) is 19.1. The first-order chi connectivity index (χ1) is 8.47. The van der Waals surface area contributed by atoms with Crippen molar-refractivity contribution in [1.29, 1.82) is 0 Å². The molecular weight excluding hydrogens is 243 g/mol. The van der Waals surface area contributed by atoms with Gasteiger partial charge in [-0.05, 0) is 44.1 Å². The standard InChI is InChI=1S/C15H23O2P/c1-18(2,17)14-9-7-12(8-10-14)11-15(16)13-5-3-4-6-13/h7-10,13,15-16H,3-6,11H2,1-2H3/t15-/m1/s1. The van der Waals surface area contributed by atoms with Gasteiger partial charge in [0.05, 0.1) is 6.10 Å². The van der Waals surface area contributed by atoms with Gasteiger partial charge in [0.1, 0.15) is 7.14 Å². The van der Waals surface area contributed by atoms with Gasteiger partial charge in [-0.2, -0.15) is 0 Å². The highest BCUT2D eigenvalue weighted by atomic mass is 31.2. The summed E-state index contributed by atoms with van der Waals surface area (Å²) in [6.07, 6.45) is 5.36. The van der Waals surface area contributed by atoms with E-state index in [0.717, 1.165) is 17.3 Å². The molecule has 1 saturated carbocycles. The van der Waals surface area contributed by atoms with Crippen LogP contribution >= 0.6 is 7.14 Å². The maximum Gasteiger partial charge on any atom is 0.109 e. The first-order valence-corrected chi connectivity index (χ1v) is 9.39. The molecule has 1 fully saturated rings. The van der Waals surface area contributed by atoms with Crippen LogP contribution in [0.3, 0.4) is 0 Å². The number of benzene rings is 1. The smallest absolute Gasteiger partial charge is 0.109 e. The minimum Gasteiger partial charge on any atom is -0.392 e. The van der Waals surface area contributed by atoms with Crippen LogP contribution in [0.15, 0.2) is 24.3 Å². The summed E-state index contributed by atoms with van der Waals surface area (Å²) in [6.45, 7) is 3.57. The lowest BCUT2D eigenvalue weighted by Gasteiger charge is -2.18. The molecule has 0 aromatic heterocycles. The van der Waals surface area contributed by atoms with Crippen LogP contribution in [0.2, 0.25) is 0 Å². The third kappa shape index (κ3) is 3.46. The van der Waals surface area contributed by atoms with Crippen LogP contribution in [0.4, 0.5) is 0 Å². The second kappa shape index (κ2) is 5.59. The quantitative estimate of drug-likeness (QED) is 0.850. The third-order valence-electron chi connectivity index (χ3n) is 3.95. The van der Waals surface area contributed by atoms with Crippen LogP contribution in [0.1, 0.15) is 31.2 Å². The maximum atomic E-state index is 11.9. The molecule has 3 heteroatoms. The lowest BCUT2D eigenvalue weighted by Crippen LogP contribution is -2.20. The van der Waals surface area contributed by atoms with E-state index in [1.807, 2.05) is 24.3 Å². The molecule has 2 rings (SSSR count). The molecule has 0 spiro atoms. The summed E-state index contributed by atoms with van der Waals surface area (Å²) in [6, 6.07) is 7.90. The van der Waals surface area contributed by atoms with Crippen LogP contribution in [0.25, 0.3) is 0 Å². The first kappa shape index (κ1) is 13.8. The molecule has 1 aliphatic rings. The van der Waals surface area contributed by atoms with Crippen molar-refractivity contribution in [2.45, 2.75) is 38.2 Å². The van der Waals surface area contributed by atoms with Gasteiger partial charge in [0.2, 0.25) is 0 Å².